The first-order chi connectivity index (χ1) is 14.0. The summed E-state index contributed by atoms with van der Waals surface area (Å²) in [6.07, 6.45) is 3.30. The molecule has 29 heavy (non-hydrogen) atoms. The van der Waals surface area contributed by atoms with Crippen LogP contribution in [0.2, 0.25) is 5.02 Å². The number of rotatable bonds is 8. The Balaban J connectivity index is 1.71. The molecule has 1 aromatic heterocycles. The Morgan fingerprint density at radius 3 is 2.55 bits per heavy atom. The number of nitrogens with one attached hydrogen (secondary N) is 1. The topological polar surface area (TPSA) is 73.1 Å². The summed E-state index contributed by atoms with van der Waals surface area (Å²) in [5.74, 6) is 2.03. The summed E-state index contributed by atoms with van der Waals surface area (Å²) in [6.45, 7) is 5.03. The Morgan fingerprint density at radius 1 is 1.14 bits per heavy atom. The zero-order chi connectivity index (χ0) is 20.8. The number of aromatic nitrogens is 2. The lowest BCUT2D eigenvalue weighted by molar-refractivity contribution is 0.414. The highest BCUT2D eigenvalue weighted by Crippen LogP contribution is 2.33. The van der Waals surface area contributed by atoms with Gasteiger partial charge in [-0.2, -0.15) is 4.98 Å². The maximum Gasteiger partial charge on any atom is 0.224 e. The van der Waals surface area contributed by atoms with Gasteiger partial charge in [0.05, 0.1) is 12.1 Å². The van der Waals surface area contributed by atoms with E-state index in [9.17, 15) is 0 Å². The van der Waals surface area contributed by atoms with Crippen molar-refractivity contribution in [3.05, 3.63) is 75.9 Å². The van der Waals surface area contributed by atoms with Crippen LogP contribution in [-0.2, 0) is 12.8 Å². The standard InChI is InChI=1S/C23H27ClN4O/c1-15(2)19-13-21(29-3)20(24)12-17(19)11-18-14-27-23(28-22(18)25)26-10-9-16-7-5-4-6-8-16/h4-8,12-15H,9-11H2,1-3H3,(H3,25,26,27,28). The van der Waals surface area contributed by atoms with Crippen molar-refractivity contribution in [3.8, 4) is 5.75 Å². The van der Waals surface area contributed by atoms with Gasteiger partial charge in [0.2, 0.25) is 5.95 Å². The van der Waals surface area contributed by atoms with Crippen LogP contribution in [0.3, 0.4) is 0 Å². The molecule has 152 valence electrons. The number of halogens is 1. The van der Waals surface area contributed by atoms with E-state index in [0.717, 1.165) is 24.1 Å². The predicted octanol–water partition coefficient (Wildman–Crippen LogP) is 5.09. The van der Waals surface area contributed by atoms with E-state index in [1.807, 2.05) is 30.3 Å². The first-order valence-corrected chi connectivity index (χ1v) is 10.1. The monoisotopic (exact) mass is 410 g/mol. The van der Waals surface area contributed by atoms with Crippen molar-refractivity contribution in [1.82, 2.24) is 9.97 Å². The van der Waals surface area contributed by atoms with E-state index in [2.05, 4.69) is 41.3 Å². The zero-order valence-corrected chi connectivity index (χ0v) is 17.8. The highest BCUT2D eigenvalue weighted by molar-refractivity contribution is 6.32. The van der Waals surface area contributed by atoms with Gasteiger partial charge in [-0.25, -0.2) is 4.98 Å². The number of benzene rings is 2. The van der Waals surface area contributed by atoms with E-state index < -0.39 is 0 Å². The summed E-state index contributed by atoms with van der Waals surface area (Å²) in [7, 11) is 1.63. The average molecular weight is 411 g/mol. The Bertz CT molecular complexity index is 961. The van der Waals surface area contributed by atoms with E-state index in [4.69, 9.17) is 22.1 Å². The lowest BCUT2D eigenvalue weighted by Gasteiger charge is -2.16. The molecule has 3 N–H and O–H groups in total. The van der Waals surface area contributed by atoms with Gasteiger partial charge in [-0.05, 0) is 41.2 Å². The van der Waals surface area contributed by atoms with E-state index in [1.54, 1.807) is 13.3 Å². The van der Waals surface area contributed by atoms with Crippen LogP contribution in [-0.4, -0.2) is 23.6 Å². The molecule has 0 radical (unpaired) electrons. The highest BCUT2D eigenvalue weighted by atomic mass is 35.5. The third-order valence-corrected chi connectivity index (χ3v) is 5.15. The molecule has 3 rings (SSSR count). The minimum atomic E-state index is 0.331. The molecule has 0 unspecified atom stereocenters. The molecule has 0 aliphatic carbocycles. The van der Waals surface area contributed by atoms with E-state index in [-0.39, 0.29) is 0 Å². The van der Waals surface area contributed by atoms with Gasteiger partial charge in [-0.3, -0.25) is 0 Å². The fraction of sp³-hybridized carbons (Fsp3) is 0.304. The van der Waals surface area contributed by atoms with Gasteiger partial charge >= 0.3 is 0 Å². The van der Waals surface area contributed by atoms with E-state index >= 15 is 0 Å². The maximum absolute atomic E-state index is 6.35. The number of nitrogens with zero attached hydrogens (tertiary/aromatic N) is 2. The number of anilines is 2. The lowest BCUT2D eigenvalue weighted by Crippen LogP contribution is -2.10. The molecule has 3 aromatic rings. The van der Waals surface area contributed by atoms with Gasteiger partial charge in [0, 0.05) is 24.7 Å². The number of nitrogen functional groups attached to an aromatic ring is 1. The average Bonchev–Trinajstić information content (AvgIpc) is 2.70. The van der Waals surface area contributed by atoms with Crippen LogP contribution in [0.4, 0.5) is 11.8 Å². The summed E-state index contributed by atoms with van der Waals surface area (Å²) in [6, 6.07) is 14.2. The lowest BCUT2D eigenvalue weighted by atomic mass is 9.93. The molecule has 6 heteroatoms. The second-order valence-electron chi connectivity index (χ2n) is 7.28. The van der Waals surface area contributed by atoms with Crippen LogP contribution < -0.4 is 15.8 Å². The zero-order valence-electron chi connectivity index (χ0n) is 17.1. The van der Waals surface area contributed by atoms with Gasteiger partial charge < -0.3 is 15.8 Å². The molecule has 2 aromatic carbocycles. The SMILES string of the molecule is COc1cc(C(C)C)c(Cc2cnc(NCCc3ccccc3)nc2N)cc1Cl. The van der Waals surface area contributed by atoms with Gasteiger partial charge in [-0.15, -0.1) is 0 Å². The van der Waals surface area contributed by atoms with Crippen molar-refractivity contribution in [2.45, 2.75) is 32.6 Å². The van der Waals surface area contributed by atoms with Crippen LogP contribution in [0.25, 0.3) is 0 Å². The Morgan fingerprint density at radius 2 is 1.90 bits per heavy atom. The van der Waals surface area contributed by atoms with Crippen LogP contribution in [0, 0.1) is 0 Å². The van der Waals surface area contributed by atoms with Crippen LogP contribution in [0.5, 0.6) is 5.75 Å². The van der Waals surface area contributed by atoms with Gasteiger partial charge in [0.15, 0.2) is 0 Å². The molecule has 0 bridgehead atoms. The fourth-order valence-corrected chi connectivity index (χ4v) is 3.53. The Kier molecular flexibility index (Phi) is 6.94. The summed E-state index contributed by atoms with van der Waals surface area (Å²) < 4.78 is 5.36. The second kappa shape index (κ2) is 9.61. The number of ether oxygens (including phenoxy) is 1. The van der Waals surface area contributed by atoms with E-state index in [0.29, 0.717) is 34.9 Å². The normalized spacial score (nSPS) is 10.9. The Hall–Kier alpha value is -2.79. The summed E-state index contributed by atoms with van der Waals surface area (Å²) >= 11 is 6.35. The number of methoxy groups -OCH3 is 1. The van der Waals surface area contributed by atoms with Crippen molar-refractivity contribution in [1.29, 1.82) is 0 Å². The van der Waals surface area contributed by atoms with Crippen LogP contribution in [0.1, 0.15) is 42.0 Å². The molecule has 0 fully saturated rings. The minimum absolute atomic E-state index is 0.331. The smallest absolute Gasteiger partial charge is 0.224 e. The highest BCUT2D eigenvalue weighted by Gasteiger charge is 2.14. The molecular weight excluding hydrogens is 384 g/mol. The molecule has 0 aliphatic heterocycles. The number of hydrogen-bond donors (Lipinski definition) is 2. The summed E-state index contributed by atoms with van der Waals surface area (Å²) in [5.41, 5.74) is 10.6. The van der Waals surface area contributed by atoms with Gasteiger partial charge in [0.1, 0.15) is 11.6 Å². The molecule has 0 spiro atoms. The fourth-order valence-electron chi connectivity index (χ4n) is 3.27. The largest absolute Gasteiger partial charge is 0.495 e. The predicted molar refractivity (Wildman–Crippen MR) is 120 cm³/mol. The quantitative estimate of drug-likeness (QED) is 0.541. The molecule has 1 heterocycles. The van der Waals surface area contributed by atoms with E-state index in [1.165, 1.54) is 11.1 Å². The molecule has 0 atom stereocenters. The van der Waals surface area contributed by atoms with Crippen molar-refractivity contribution >= 4 is 23.4 Å². The molecule has 0 saturated heterocycles. The molecule has 0 aliphatic rings. The van der Waals surface area contributed by atoms with Crippen LogP contribution >= 0.6 is 11.6 Å². The maximum atomic E-state index is 6.35. The third-order valence-electron chi connectivity index (χ3n) is 4.85. The van der Waals surface area contributed by atoms with Crippen molar-refractivity contribution in [2.24, 2.45) is 0 Å². The molecule has 5 nitrogen and oxygen atoms in total. The number of hydrogen-bond acceptors (Lipinski definition) is 5. The minimum Gasteiger partial charge on any atom is -0.495 e. The molecule has 0 saturated carbocycles. The number of nitrogens with two attached hydrogens (primary N) is 1. The molecular formula is C23H27ClN4O. The van der Waals surface area contributed by atoms with Gasteiger partial charge in [0.25, 0.3) is 0 Å². The summed E-state index contributed by atoms with van der Waals surface area (Å²) in [5, 5.41) is 3.83. The van der Waals surface area contributed by atoms with Crippen molar-refractivity contribution in [2.75, 3.05) is 24.7 Å². The van der Waals surface area contributed by atoms with Crippen molar-refractivity contribution < 1.29 is 4.74 Å². The first kappa shape index (κ1) is 20.9. The first-order valence-electron chi connectivity index (χ1n) is 9.73. The molecule has 0 amide bonds. The second-order valence-corrected chi connectivity index (χ2v) is 7.69. The summed E-state index contributed by atoms with van der Waals surface area (Å²) in [4.78, 5) is 8.87. The van der Waals surface area contributed by atoms with Gasteiger partial charge in [-0.1, -0.05) is 55.8 Å². The van der Waals surface area contributed by atoms with Crippen LogP contribution in [0.15, 0.2) is 48.7 Å². The Labute approximate surface area is 177 Å². The third kappa shape index (κ3) is 5.39. The van der Waals surface area contributed by atoms with Crippen molar-refractivity contribution in [3.63, 3.8) is 0 Å².